The second-order valence-corrected chi connectivity index (χ2v) is 3.40. The van der Waals surface area contributed by atoms with Gasteiger partial charge in [0.25, 0.3) is 0 Å². The van der Waals surface area contributed by atoms with Crippen LogP contribution >= 0.6 is 22.6 Å². The number of halogens is 1. The summed E-state index contributed by atoms with van der Waals surface area (Å²) in [6.45, 7) is -0.00519. The topological polar surface area (TPSA) is 66.4 Å². The quantitative estimate of drug-likeness (QED) is 0.241. The fourth-order valence-corrected chi connectivity index (χ4v) is 0.849. The summed E-state index contributed by atoms with van der Waals surface area (Å²) in [6, 6.07) is 0. The molecule has 0 unspecified atom stereocenters. The molecule has 0 rings (SSSR count). The van der Waals surface area contributed by atoms with Gasteiger partial charge in [0.05, 0.1) is 6.61 Å². The van der Waals surface area contributed by atoms with E-state index in [1.165, 1.54) is 0 Å². The number of hydrogen-bond donors (Lipinski definition) is 0. The lowest BCUT2D eigenvalue weighted by Gasteiger charge is -2.04. The highest BCUT2D eigenvalue weighted by molar-refractivity contribution is 14.1. The maximum atomic E-state index is 9.73. The zero-order valence-corrected chi connectivity index (χ0v) is 7.51. The lowest BCUT2D eigenvalue weighted by Crippen LogP contribution is -2.05. The number of rotatable bonds is 4. The molecular weight excluding hydrogens is 259 g/mol. The van der Waals surface area contributed by atoms with E-state index in [1.54, 1.807) is 0 Å². The smallest absolute Gasteiger partial charge is 0.217 e. The van der Waals surface area contributed by atoms with Gasteiger partial charge in [0, 0.05) is 4.43 Å². The van der Waals surface area contributed by atoms with Crippen LogP contribution in [0.15, 0.2) is 0 Å². The van der Waals surface area contributed by atoms with E-state index in [4.69, 9.17) is 0 Å². The van der Waals surface area contributed by atoms with Crippen LogP contribution in [0.25, 0.3) is 0 Å². The SMILES string of the molecule is O=S(=O)([O-])OCCCI. The Morgan fingerprint density at radius 2 is 2.11 bits per heavy atom. The van der Waals surface area contributed by atoms with Crippen LogP contribution < -0.4 is 0 Å². The molecule has 0 aliphatic heterocycles. The Morgan fingerprint density at radius 1 is 1.56 bits per heavy atom. The molecule has 0 aromatic rings. The van der Waals surface area contributed by atoms with E-state index in [9.17, 15) is 13.0 Å². The van der Waals surface area contributed by atoms with E-state index in [1.807, 2.05) is 0 Å². The van der Waals surface area contributed by atoms with E-state index < -0.39 is 10.4 Å². The molecule has 4 nitrogen and oxygen atoms in total. The highest BCUT2D eigenvalue weighted by atomic mass is 127. The molecular formula is C3H6IO4S-. The summed E-state index contributed by atoms with van der Waals surface area (Å²) in [5.74, 6) is 0. The second-order valence-electron chi connectivity index (χ2n) is 1.27. The van der Waals surface area contributed by atoms with E-state index in [0.717, 1.165) is 4.43 Å². The lowest BCUT2D eigenvalue weighted by molar-refractivity contribution is 0.263. The summed E-state index contributed by atoms with van der Waals surface area (Å²) in [5.41, 5.74) is 0. The molecule has 0 spiro atoms. The first kappa shape index (κ1) is 9.60. The van der Waals surface area contributed by atoms with Crippen molar-refractivity contribution in [1.82, 2.24) is 0 Å². The molecule has 0 N–H and O–H groups in total. The van der Waals surface area contributed by atoms with Gasteiger partial charge in [-0.3, -0.25) is 4.18 Å². The van der Waals surface area contributed by atoms with Gasteiger partial charge in [-0.25, -0.2) is 8.42 Å². The third kappa shape index (κ3) is 8.60. The van der Waals surface area contributed by atoms with Gasteiger partial charge >= 0.3 is 0 Å². The third-order valence-electron chi connectivity index (χ3n) is 0.506. The molecule has 6 heteroatoms. The van der Waals surface area contributed by atoms with Gasteiger partial charge in [0.15, 0.2) is 0 Å². The minimum Gasteiger partial charge on any atom is -0.726 e. The van der Waals surface area contributed by atoms with Crippen LogP contribution in [0.3, 0.4) is 0 Å². The first-order valence-corrected chi connectivity index (χ1v) is 5.08. The van der Waals surface area contributed by atoms with Crippen LogP contribution in [0.1, 0.15) is 6.42 Å². The fourth-order valence-electron chi connectivity index (χ4n) is 0.216. The molecule has 0 radical (unpaired) electrons. The summed E-state index contributed by atoms with van der Waals surface area (Å²) in [6.07, 6.45) is 0.585. The molecule has 0 bridgehead atoms. The molecule has 0 heterocycles. The second kappa shape index (κ2) is 4.42. The molecule has 0 aliphatic carbocycles. The molecule has 0 fully saturated rings. The predicted octanol–water partition coefficient (Wildman–Crippen LogP) is 0.288. The molecule has 0 saturated heterocycles. The highest BCUT2D eigenvalue weighted by Crippen LogP contribution is 1.92. The summed E-state index contributed by atoms with van der Waals surface area (Å²) < 4.78 is 33.8. The van der Waals surface area contributed by atoms with Crippen LogP contribution in [0.5, 0.6) is 0 Å². The van der Waals surface area contributed by atoms with Crippen LogP contribution in [-0.2, 0) is 14.6 Å². The monoisotopic (exact) mass is 265 g/mol. The Kier molecular flexibility index (Phi) is 4.72. The van der Waals surface area contributed by atoms with Crippen molar-refractivity contribution in [1.29, 1.82) is 0 Å². The Labute approximate surface area is 67.7 Å². The average Bonchev–Trinajstić information content (AvgIpc) is 1.63. The van der Waals surface area contributed by atoms with E-state index >= 15 is 0 Å². The normalized spacial score (nSPS) is 11.8. The maximum Gasteiger partial charge on any atom is 0.217 e. The molecule has 9 heavy (non-hydrogen) atoms. The molecule has 0 atom stereocenters. The number of alkyl halides is 1. The van der Waals surface area contributed by atoms with Crippen LogP contribution in [0, 0.1) is 0 Å². The van der Waals surface area contributed by atoms with Gasteiger partial charge in [-0.05, 0) is 6.42 Å². The highest BCUT2D eigenvalue weighted by Gasteiger charge is 1.91. The van der Waals surface area contributed by atoms with Gasteiger partial charge in [-0.2, -0.15) is 0 Å². The molecule has 0 aromatic carbocycles. The fraction of sp³-hybridized carbons (Fsp3) is 1.00. The average molecular weight is 265 g/mol. The maximum absolute atomic E-state index is 9.73. The van der Waals surface area contributed by atoms with Gasteiger partial charge in [-0.1, -0.05) is 22.6 Å². The van der Waals surface area contributed by atoms with Crippen molar-refractivity contribution in [2.24, 2.45) is 0 Å². The van der Waals surface area contributed by atoms with Crippen molar-refractivity contribution in [3.05, 3.63) is 0 Å². The van der Waals surface area contributed by atoms with Crippen molar-refractivity contribution in [2.45, 2.75) is 6.42 Å². The summed E-state index contributed by atoms with van der Waals surface area (Å²) in [4.78, 5) is 0. The molecule has 56 valence electrons. The Hall–Kier alpha value is 0.600. The number of hydrogen-bond acceptors (Lipinski definition) is 4. The zero-order valence-electron chi connectivity index (χ0n) is 4.54. The summed E-state index contributed by atoms with van der Waals surface area (Å²) in [7, 11) is -4.45. The predicted molar refractivity (Wildman–Crippen MR) is 39.2 cm³/mol. The van der Waals surface area contributed by atoms with Crippen LogP contribution in [0.4, 0.5) is 0 Å². The van der Waals surface area contributed by atoms with Crippen molar-refractivity contribution in [3.63, 3.8) is 0 Å². The van der Waals surface area contributed by atoms with E-state index in [-0.39, 0.29) is 6.61 Å². The third-order valence-corrected chi connectivity index (χ3v) is 1.72. The first-order valence-electron chi connectivity index (χ1n) is 2.22. The van der Waals surface area contributed by atoms with Crippen molar-refractivity contribution in [3.8, 4) is 0 Å². The lowest BCUT2D eigenvalue weighted by atomic mass is 10.5. The van der Waals surface area contributed by atoms with Gasteiger partial charge in [0.2, 0.25) is 10.4 Å². The van der Waals surface area contributed by atoms with Crippen molar-refractivity contribution < 1.29 is 17.2 Å². The Bertz CT molecular complexity index is 151. The first-order chi connectivity index (χ1) is 4.06. The summed E-state index contributed by atoms with van der Waals surface area (Å²) >= 11 is 2.06. The minimum atomic E-state index is -4.45. The zero-order chi connectivity index (χ0) is 7.33. The molecule has 0 aliphatic rings. The van der Waals surface area contributed by atoms with E-state index in [2.05, 4.69) is 26.8 Å². The van der Waals surface area contributed by atoms with E-state index in [0.29, 0.717) is 6.42 Å². The Balaban J connectivity index is 3.30. The standard InChI is InChI=1S/C3H7IO4S/c4-2-1-3-8-9(5,6)7/h1-3H2,(H,5,6,7)/p-1. The van der Waals surface area contributed by atoms with Gasteiger partial charge in [0.1, 0.15) is 0 Å². The minimum absolute atomic E-state index is 0.00519. The van der Waals surface area contributed by atoms with Gasteiger partial charge in [-0.15, -0.1) is 0 Å². The molecule has 0 aromatic heterocycles. The van der Waals surface area contributed by atoms with Crippen molar-refractivity contribution in [2.75, 3.05) is 11.0 Å². The Morgan fingerprint density at radius 3 is 2.44 bits per heavy atom. The largest absolute Gasteiger partial charge is 0.726 e. The molecule has 0 amide bonds. The molecule has 0 saturated carbocycles. The summed E-state index contributed by atoms with van der Waals surface area (Å²) in [5, 5.41) is 0. The van der Waals surface area contributed by atoms with Crippen LogP contribution in [0.2, 0.25) is 0 Å². The van der Waals surface area contributed by atoms with Crippen molar-refractivity contribution >= 4 is 33.0 Å². The van der Waals surface area contributed by atoms with Crippen LogP contribution in [-0.4, -0.2) is 24.0 Å². The van der Waals surface area contributed by atoms with Gasteiger partial charge < -0.3 is 4.55 Å².